The zero-order valence-corrected chi connectivity index (χ0v) is 10.5. The Kier molecular flexibility index (Phi) is 5.70. The molecule has 1 aromatic carbocycles. The Morgan fingerprint density at radius 1 is 1.28 bits per heavy atom. The van der Waals surface area contributed by atoms with E-state index in [0.29, 0.717) is 6.42 Å². The van der Waals surface area contributed by atoms with Gasteiger partial charge in [0.2, 0.25) is 0 Å². The maximum Gasteiger partial charge on any atom is 0.408 e. The molecule has 0 fully saturated rings. The van der Waals surface area contributed by atoms with Crippen molar-refractivity contribution in [2.75, 3.05) is 7.11 Å². The lowest BCUT2D eigenvalue weighted by atomic mass is 10.2. The molecule has 0 aliphatic carbocycles. The maximum atomic E-state index is 11.5. The van der Waals surface area contributed by atoms with Crippen molar-refractivity contribution in [2.45, 2.75) is 26.0 Å². The second-order valence-electron chi connectivity index (χ2n) is 3.69. The molecule has 1 atom stereocenters. The zero-order valence-electron chi connectivity index (χ0n) is 10.5. The number of carbonyl (C=O) groups is 2. The van der Waals surface area contributed by atoms with E-state index in [1.807, 2.05) is 30.3 Å². The molecule has 0 radical (unpaired) electrons. The molecule has 1 amide bonds. The van der Waals surface area contributed by atoms with E-state index in [0.717, 1.165) is 5.56 Å². The van der Waals surface area contributed by atoms with E-state index in [1.165, 1.54) is 7.11 Å². The van der Waals surface area contributed by atoms with E-state index in [9.17, 15) is 9.59 Å². The number of hydrogen-bond acceptors (Lipinski definition) is 4. The van der Waals surface area contributed by atoms with Crippen molar-refractivity contribution in [3.63, 3.8) is 0 Å². The lowest BCUT2D eigenvalue weighted by Gasteiger charge is -2.14. The van der Waals surface area contributed by atoms with Gasteiger partial charge in [-0.2, -0.15) is 0 Å². The fourth-order valence-electron chi connectivity index (χ4n) is 1.38. The largest absolute Gasteiger partial charge is 0.467 e. The molecule has 98 valence electrons. The molecule has 1 aromatic rings. The Balaban J connectivity index is 2.39. The van der Waals surface area contributed by atoms with Gasteiger partial charge in [0.15, 0.2) is 0 Å². The molecule has 1 rings (SSSR count). The molecule has 0 aromatic heterocycles. The maximum absolute atomic E-state index is 11.5. The van der Waals surface area contributed by atoms with Crippen LogP contribution < -0.4 is 5.32 Å². The van der Waals surface area contributed by atoms with Gasteiger partial charge in [-0.1, -0.05) is 37.3 Å². The Bertz CT molecular complexity index is 391. The van der Waals surface area contributed by atoms with Gasteiger partial charge in [0.25, 0.3) is 0 Å². The van der Waals surface area contributed by atoms with Crippen LogP contribution in [0.1, 0.15) is 18.9 Å². The SMILES string of the molecule is CC[C@@H](NC(=O)OCc1ccccc1)C(=O)OC. The monoisotopic (exact) mass is 251 g/mol. The fraction of sp³-hybridized carbons (Fsp3) is 0.385. The number of hydrogen-bond donors (Lipinski definition) is 1. The van der Waals surface area contributed by atoms with Crippen LogP contribution in [-0.2, 0) is 20.9 Å². The van der Waals surface area contributed by atoms with Crippen LogP contribution >= 0.6 is 0 Å². The number of carbonyl (C=O) groups excluding carboxylic acids is 2. The van der Waals surface area contributed by atoms with Crippen molar-refractivity contribution in [3.05, 3.63) is 35.9 Å². The molecule has 0 heterocycles. The van der Waals surface area contributed by atoms with Gasteiger partial charge in [-0.15, -0.1) is 0 Å². The minimum atomic E-state index is -0.668. The Hall–Kier alpha value is -2.04. The van der Waals surface area contributed by atoms with E-state index in [1.54, 1.807) is 6.92 Å². The van der Waals surface area contributed by atoms with Crippen LogP contribution in [0.25, 0.3) is 0 Å². The first kappa shape index (κ1) is 14.0. The van der Waals surface area contributed by atoms with Crippen molar-refractivity contribution in [2.24, 2.45) is 0 Å². The standard InChI is InChI=1S/C13H17NO4/c1-3-11(12(15)17-2)14-13(16)18-9-10-7-5-4-6-8-10/h4-8,11H,3,9H2,1-2H3,(H,14,16)/t11-/m1/s1. The van der Waals surface area contributed by atoms with Crippen molar-refractivity contribution in [1.29, 1.82) is 0 Å². The van der Waals surface area contributed by atoms with Crippen LogP contribution in [0.3, 0.4) is 0 Å². The third-order valence-corrected chi connectivity index (χ3v) is 2.40. The fourth-order valence-corrected chi connectivity index (χ4v) is 1.38. The van der Waals surface area contributed by atoms with Gasteiger partial charge in [0.1, 0.15) is 12.6 Å². The van der Waals surface area contributed by atoms with Crippen LogP contribution in [0, 0.1) is 0 Å². The Morgan fingerprint density at radius 2 is 1.94 bits per heavy atom. The number of nitrogens with one attached hydrogen (secondary N) is 1. The van der Waals surface area contributed by atoms with Gasteiger partial charge in [-0.25, -0.2) is 9.59 Å². The minimum Gasteiger partial charge on any atom is -0.467 e. The highest BCUT2D eigenvalue weighted by molar-refractivity contribution is 5.81. The average molecular weight is 251 g/mol. The van der Waals surface area contributed by atoms with E-state index in [-0.39, 0.29) is 6.61 Å². The van der Waals surface area contributed by atoms with Gasteiger partial charge in [0.05, 0.1) is 7.11 Å². The number of rotatable bonds is 5. The smallest absolute Gasteiger partial charge is 0.408 e. The van der Waals surface area contributed by atoms with E-state index < -0.39 is 18.1 Å². The number of methoxy groups -OCH3 is 1. The number of amides is 1. The molecule has 0 saturated carbocycles. The van der Waals surface area contributed by atoms with E-state index >= 15 is 0 Å². The molecule has 1 N–H and O–H groups in total. The van der Waals surface area contributed by atoms with Crippen LogP contribution in [-0.4, -0.2) is 25.2 Å². The zero-order chi connectivity index (χ0) is 13.4. The van der Waals surface area contributed by atoms with Crippen LogP contribution in [0.5, 0.6) is 0 Å². The molecule has 5 nitrogen and oxygen atoms in total. The van der Waals surface area contributed by atoms with Gasteiger partial charge in [0, 0.05) is 0 Å². The molecule has 0 aliphatic rings. The highest BCUT2D eigenvalue weighted by Gasteiger charge is 2.19. The summed E-state index contributed by atoms with van der Waals surface area (Å²) in [5.41, 5.74) is 0.888. The van der Waals surface area contributed by atoms with Crippen molar-refractivity contribution >= 4 is 12.1 Å². The van der Waals surface area contributed by atoms with Crippen LogP contribution in [0.2, 0.25) is 0 Å². The summed E-state index contributed by atoms with van der Waals surface area (Å²) in [7, 11) is 1.28. The Morgan fingerprint density at radius 3 is 2.50 bits per heavy atom. The summed E-state index contributed by atoms with van der Waals surface area (Å²) in [6, 6.07) is 8.64. The molecule has 0 unspecified atom stereocenters. The molecular weight excluding hydrogens is 234 g/mol. The molecular formula is C13H17NO4. The molecule has 18 heavy (non-hydrogen) atoms. The summed E-state index contributed by atoms with van der Waals surface area (Å²) < 4.78 is 9.55. The lowest BCUT2D eigenvalue weighted by Crippen LogP contribution is -2.41. The summed E-state index contributed by atoms with van der Waals surface area (Å²) in [4.78, 5) is 22.7. The molecule has 5 heteroatoms. The second-order valence-corrected chi connectivity index (χ2v) is 3.69. The highest BCUT2D eigenvalue weighted by Crippen LogP contribution is 2.01. The van der Waals surface area contributed by atoms with Gasteiger partial charge in [-0.05, 0) is 12.0 Å². The van der Waals surface area contributed by atoms with Crippen molar-refractivity contribution in [3.8, 4) is 0 Å². The summed E-state index contributed by atoms with van der Waals surface area (Å²) >= 11 is 0. The number of alkyl carbamates (subject to hydrolysis) is 1. The summed E-state index contributed by atoms with van der Waals surface area (Å²) in [6.45, 7) is 1.95. The first-order valence-electron chi connectivity index (χ1n) is 5.72. The highest BCUT2D eigenvalue weighted by atomic mass is 16.6. The third-order valence-electron chi connectivity index (χ3n) is 2.40. The topological polar surface area (TPSA) is 64.6 Å². The molecule has 0 spiro atoms. The second kappa shape index (κ2) is 7.32. The van der Waals surface area contributed by atoms with Gasteiger partial charge < -0.3 is 14.8 Å². The molecule has 0 bridgehead atoms. The average Bonchev–Trinajstić information content (AvgIpc) is 2.42. The Labute approximate surface area is 106 Å². The van der Waals surface area contributed by atoms with Crippen molar-refractivity contribution in [1.82, 2.24) is 5.32 Å². The van der Waals surface area contributed by atoms with Gasteiger partial charge in [-0.3, -0.25) is 0 Å². The first-order valence-corrected chi connectivity index (χ1v) is 5.72. The summed E-state index contributed by atoms with van der Waals surface area (Å²) in [6.07, 6.45) is -0.177. The van der Waals surface area contributed by atoms with E-state index in [4.69, 9.17) is 4.74 Å². The molecule has 0 saturated heterocycles. The lowest BCUT2D eigenvalue weighted by molar-refractivity contribution is -0.143. The number of esters is 1. The predicted octanol–water partition coefficient (Wildman–Crippen LogP) is 1.86. The quantitative estimate of drug-likeness (QED) is 0.811. The number of ether oxygens (including phenoxy) is 2. The van der Waals surface area contributed by atoms with Crippen LogP contribution in [0.4, 0.5) is 4.79 Å². The van der Waals surface area contributed by atoms with Crippen molar-refractivity contribution < 1.29 is 19.1 Å². The van der Waals surface area contributed by atoms with Gasteiger partial charge >= 0.3 is 12.1 Å². The third kappa shape index (κ3) is 4.45. The van der Waals surface area contributed by atoms with E-state index in [2.05, 4.69) is 10.1 Å². The first-order chi connectivity index (χ1) is 8.67. The summed E-state index contributed by atoms with van der Waals surface area (Å²) in [5.74, 6) is -0.478. The number of benzene rings is 1. The normalized spacial score (nSPS) is 11.4. The summed E-state index contributed by atoms with van der Waals surface area (Å²) in [5, 5.41) is 2.45. The predicted molar refractivity (Wildman–Crippen MR) is 65.9 cm³/mol. The molecule has 0 aliphatic heterocycles. The minimum absolute atomic E-state index is 0.171. The van der Waals surface area contributed by atoms with Crippen LogP contribution in [0.15, 0.2) is 30.3 Å².